The summed E-state index contributed by atoms with van der Waals surface area (Å²) in [5, 5.41) is 3.43. The zero-order chi connectivity index (χ0) is 14.1. The standard InChI is InChI=1S/C15H21N5/c1-10-9-13(19-14(17-10)12-5-4-6-12)18-11(2)15-16-7-8-20(15)3/h7-9,11-12H,4-6H2,1-3H3,(H,17,18,19). The molecule has 0 aromatic carbocycles. The van der Waals surface area contributed by atoms with Crippen LogP contribution in [0.3, 0.4) is 0 Å². The Hall–Kier alpha value is -1.91. The van der Waals surface area contributed by atoms with Crippen molar-refractivity contribution in [3.63, 3.8) is 0 Å². The molecule has 0 radical (unpaired) electrons. The van der Waals surface area contributed by atoms with E-state index in [1.54, 1.807) is 0 Å². The minimum atomic E-state index is 0.124. The maximum Gasteiger partial charge on any atom is 0.134 e. The van der Waals surface area contributed by atoms with Crippen molar-refractivity contribution in [2.75, 3.05) is 5.32 Å². The van der Waals surface area contributed by atoms with Crippen molar-refractivity contribution in [1.29, 1.82) is 0 Å². The third-order valence-electron chi connectivity index (χ3n) is 3.95. The molecule has 0 bridgehead atoms. The van der Waals surface area contributed by atoms with E-state index in [-0.39, 0.29) is 6.04 Å². The molecule has 0 saturated heterocycles. The van der Waals surface area contributed by atoms with Crippen LogP contribution in [-0.2, 0) is 7.05 Å². The molecular formula is C15H21N5. The van der Waals surface area contributed by atoms with Crippen LogP contribution in [0, 0.1) is 6.92 Å². The second-order valence-corrected chi connectivity index (χ2v) is 5.64. The predicted octanol–water partition coefficient (Wildman–Crippen LogP) is 2.96. The lowest BCUT2D eigenvalue weighted by Gasteiger charge is -2.24. The normalized spacial score (nSPS) is 16.8. The summed E-state index contributed by atoms with van der Waals surface area (Å²) in [5.74, 6) is 3.45. The van der Waals surface area contributed by atoms with Crippen LogP contribution in [0.4, 0.5) is 5.82 Å². The fourth-order valence-corrected chi connectivity index (χ4v) is 2.60. The minimum absolute atomic E-state index is 0.124. The summed E-state index contributed by atoms with van der Waals surface area (Å²) in [6, 6.07) is 2.13. The van der Waals surface area contributed by atoms with E-state index in [1.807, 2.05) is 37.0 Å². The molecule has 20 heavy (non-hydrogen) atoms. The van der Waals surface area contributed by atoms with Gasteiger partial charge in [0.1, 0.15) is 17.5 Å². The van der Waals surface area contributed by atoms with Crippen LogP contribution >= 0.6 is 0 Å². The molecule has 1 fully saturated rings. The van der Waals surface area contributed by atoms with E-state index in [0.717, 1.165) is 23.2 Å². The zero-order valence-electron chi connectivity index (χ0n) is 12.3. The summed E-state index contributed by atoms with van der Waals surface area (Å²) in [6.07, 6.45) is 7.51. The number of rotatable bonds is 4. The molecule has 2 heterocycles. The van der Waals surface area contributed by atoms with Crippen molar-refractivity contribution in [2.45, 2.75) is 45.1 Å². The highest BCUT2D eigenvalue weighted by molar-refractivity contribution is 5.38. The van der Waals surface area contributed by atoms with Crippen molar-refractivity contribution in [3.8, 4) is 0 Å². The number of imidazole rings is 1. The number of hydrogen-bond donors (Lipinski definition) is 1. The van der Waals surface area contributed by atoms with Crippen LogP contribution < -0.4 is 5.32 Å². The Morgan fingerprint density at radius 1 is 1.35 bits per heavy atom. The lowest BCUT2D eigenvalue weighted by atomic mass is 9.85. The number of anilines is 1. The topological polar surface area (TPSA) is 55.6 Å². The second-order valence-electron chi connectivity index (χ2n) is 5.64. The highest BCUT2D eigenvalue weighted by Gasteiger charge is 2.23. The van der Waals surface area contributed by atoms with E-state index in [0.29, 0.717) is 5.92 Å². The van der Waals surface area contributed by atoms with E-state index in [1.165, 1.54) is 19.3 Å². The van der Waals surface area contributed by atoms with Crippen LogP contribution in [0.5, 0.6) is 0 Å². The molecule has 5 heteroatoms. The molecule has 0 amide bonds. The van der Waals surface area contributed by atoms with Gasteiger partial charge >= 0.3 is 0 Å². The molecule has 0 spiro atoms. The summed E-state index contributed by atoms with van der Waals surface area (Å²) < 4.78 is 2.03. The van der Waals surface area contributed by atoms with E-state index in [2.05, 4.69) is 27.2 Å². The number of hydrogen-bond acceptors (Lipinski definition) is 4. The van der Waals surface area contributed by atoms with Gasteiger partial charge in [0.25, 0.3) is 0 Å². The largest absolute Gasteiger partial charge is 0.360 e. The summed E-state index contributed by atoms with van der Waals surface area (Å²) in [5.41, 5.74) is 1.02. The molecule has 1 unspecified atom stereocenters. The zero-order valence-corrected chi connectivity index (χ0v) is 12.3. The molecule has 1 atom stereocenters. The van der Waals surface area contributed by atoms with E-state index < -0.39 is 0 Å². The lowest BCUT2D eigenvalue weighted by Crippen LogP contribution is -2.17. The van der Waals surface area contributed by atoms with Gasteiger partial charge in [-0.3, -0.25) is 0 Å². The molecule has 1 saturated carbocycles. The predicted molar refractivity (Wildman–Crippen MR) is 78.6 cm³/mol. The maximum atomic E-state index is 4.68. The number of nitrogens with zero attached hydrogens (tertiary/aromatic N) is 4. The van der Waals surface area contributed by atoms with Gasteiger partial charge < -0.3 is 9.88 Å². The van der Waals surface area contributed by atoms with E-state index >= 15 is 0 Å². The van der Waals surface area contributed by atoms with E-state index in [4.69, 9.17) is 0 Å². The fourth-order valence-electron chi connectivity index (χ4n) is 2.60. The maximum absolute atomic E-state index is 4.68. The van der Waals surface area contributed by atoms with Crippen LogP contribution in [-0.4, -0.2) is 19.5 Å². The van der Waals surface area contributed by atoms with Crippen LogP contribution in [0.25, 0.3) is 0 Å². The van der Waals surface area contributed by atoms with Gasteiger partial charge in [-0.2, -0.15) is 0 Å². The SMILES string of the molecule is Cc1cc(NC(C)c2nccn2C)nc(C2CCC2)n1. The van der Waals surface area contributed by atoms with E-state index in [9.17, 15) is 0 Å². The van der Waals surface area contributed by atoms with Gasteiger partial charge in [0.15, 0.2) is 0 Å². The Morgan fingerprint density at radius 2 is 2.15 bits per heavy atom. The van der Waals surface area contributed by atoms with Crippen molar-refractivity contribution in [3.05, 3.63) is 35.8 Å². The molecule has 2 aromatic heterocycles. The first kappa shape index (κ1) is 13.1. The molecule has 2 aromatic rings. The second kappa shape index (κ2) is 5.23. The molecule has 1 N–H and O–H groups in total. The first-order chi connectivity index (χ1) is 9.63. The Bertz CT molecular complexity index is 600. The molecule has 0 aliphatic heterocycles. The third-order valence-corrected chi connectivity index (χ3v) is 3.95. The van der Waals surface area contributed by atoms with Gasteiger partial charge in [-0.05, 0) is 26.7 Å². The minimum Gasteiger partial charge on any atom is -0.360 e. The molecule has 5 nitrogen and oxygen atoms in total. The smallest absolute Gasteiger partial charge is 0.134 e. The number of aryl methyl sites for hydroxylation is 2. The quantitative estimate of drug-likeness (QED) is 0.929. The molecule has 106 valence electrons. The monoisotopic (exact) mass is 271 g/mol. The fraction of sp³-hybridized carbons (Fsp3) is 0.533. The highest BCUT2D eigenvalue weighted by Crippen LogP contribution is 2.35. The van der Waals surface area contributed by atoms with Gasteiger partial charge in [0, 0.05) is 37.1 Å². The first-order valence-electron chi connectivity index (χ1n) is 7.23. The van der Waals surface area contributed by atoms with Gasteiger partial charge in [-0.1, -0.05) is 6.42 Å². The highest BCUT2D eigenvalue weighted by atomic mass is 15.1. The van der Waals surface area contributed by atoms with Crippen molar-refractivity contribution in [2.24, 2.45) is 7.05 Å². The number of aromatic nitrogens is 4. The van der Waals surface area contributed by atoms with Crippen LogP contribution in [0.15, 0.2) is 18.5 Å². The van der Waals surface area contributed by atoms with Crippen molar-refractivity contribution < 1.29 is 0 Å². The van der Waals surface area contributed by atoms with Gasteiger partial charge in [-0.15, -0.1) is 0 Å². The summed E-state index contributed by atoms with van der Waals surface area (Å²) in [7, 11) is 2.01. The summed E-state index contributed by atoms with van der Waals surface area (Å²) in [6.45, 7) is 4.13. The Kier molecular flexibility index (Phi) is 3.42. The summed E-state index contributed by atoms with van der Waals surface area (Å²) in [4.78, 5) is 13.6. The van der Waals surface area contributed by atoms with Gasteiger partial charge in [-0.25, -0.2) is 15.0 Å². The van der Waals surface area contributed by atoms with Gasteiger partial charge in [0.2, 0.25) is 0 Å². The Morgan fingerprint density at radius 3 is 2.75 bits per heavy atom. The van der Waals surface area contributed by atoms with Crippen LogP contribution in [0.1, 0.15) is 55.5 Å². The Balaban J connectivity index is 1.80. The molecular weight excluding hydrogens is 250 g/mol. The third kappa shape index (κ3) is 2.53. The van der Waals surface area contributed by atoms with Crippen LogP contribution in [0.2, 0.25) is 0 Å². The molecule has 3 rings (SSSR count). The average Bonchev–Trinajstić information content (AvgIpc) is 2.72. The molecule has 1 aliphatic rings. The summed E-state index contributed by atoms with van der Waals surface area (Å²) >= 11 is 0. The molecule has 1 aliphatic carbocycles. The van der Waals surface area contributed by atoms with Gasteiger partial charge in [0.05, 0.1) is 6.04 Å². The lowest BCUT2D eigenvalue weighted by molar-refractivity contribution is 0.401. The average molecular weight is 271 g/mol. The number of nitrogens with one attached hydrogen (secondary N) is 1. The first-order valence-corrected chi connectivity index (χ1v) is 7.23. The van der Waals surface area contributed by atoms with Crippen molar-refractivity contribution in [1.82, 2.24) is 19.5 Å². The Labute approximate surface area is 119 Å². The van der Waals surface area contributed by atoms with Crippen molar-refractivity contribution >= 4 is 5.82 Å².